The fourth-order valence-electron chi connectivity index (χ4n) is 1.79. The van der Waals surface area contributed by atoms with Crippen LogP contribution in [-0.4, -0.2) is 39.5 Å². The van der Waals surface area contributed by atoms with Crippen molar-refractivity contribution in [2.45, 2.75) is 38.2 Å². The maximum atomic E-state index is 5.65. The third kappa shape index (κ3) is 5.58. The van der Waals surface area contributed by atoms with Crippen LogP contribution in [0.3, 0.4) is 0 Å². The Kier molecular flexibility index (Phi) is 7.01. The first-order valence-electron chi connectivity index (χ1n) is 5.74. The largest absolute Gasteiger partial charge is 0.383 e. The molecule has 1 fully saturated rings. The van der Waals surface area contributed by atoms with Crippen molar-refractivity contribution in [1.29, 1.82) is 0 Å². The lowest BCUT2D eigenvalue weighted by molar-refractivity contribution is 0.0102. The molecule has 1 atom stereocenters. The van der Waals surface area contributed by atoms with E-state index in [2.05, 4.69) is 5.32 Å². The van der Waals surface area contributed by atoms with Crippen molar-refractivity contribution in [2.24, 2.45) is 0 Å². The van der Waals surface area contributed by atoms with Gasteiger partial charge in [0.2, 0.25) is 0 Å². The van der Waals surface area contributed by atoms with Gasteiger partial charge in [-0.1, -0.05) is 0 Å². The van der Waals surface area contributed by atoms with Crippen LogP contribution in [0.15, 0.2) is 0 Å². The van der Waals surface area contributed by atoms with Gasteiger partial charge in [-0.3, -0.25) is 0 Å². The Balaban J connectivity index is 1.82. The molecule has 1 unspecified atom stereocenters. The summed E-state index contributed by atoms with van der Waals surface area (Å²) in [5, 5.41) is 3.35. The van der Waals surface area contributed by atoms with E-state index in [4.69, 9.17) is 9.47 Å². The first kappa shape index (κ1) is 12.0. The predicted molar refractivity (Wildman–Crippen MR) is 57.6 cm³/mol. The summed E-state index contributed by atoms with van der Waals surface area (Å²) in [5.74, 6) is 0. The van der Waals surface area contributed by atoms with E-state index in [0.29, 0.717) is 6.10 Å². The van der Waals surface area contributed by atoms with Crippen LogP contribution >= 0.6 is 0 Å². The van der Waals surface area contributed by atoms with Crippen LogP contribution in [0.4, 0.5) is 0 Å². The molecule has 1 rings (SSSR count). The molecule has 0 aromatic heterocycles. The zero-order valence-corrected chi connectivity index (χ0v) is 9.26. The molecule has 1 saturated heterocycles. The second kappa shape index (κ2) is 8.21. The molecule has 0 bridgehead atoms. The molecule has 0 saturated carbocycles. The van der Waals surface area contributed by atoms with E-state index in [-0.39, 0.29) is 0 Å². The Morgan fingerprint density at radius 3 is 3.00 bits per heavy atom. The van der Waals surface area contributed by atoms with Crippen LogP contribution in [0, 0.1) is 0 Å². The Labute approximate surface area is 87.2 Å². The number of hydrogen-bond donors (Lipinski definition) is 1. The fraction of sp³-hybridized carbons (Fsp3) is 1.00. The Bertz CT molecular complexity index is 124. The van der Waals surface area contributed by atoms with Crippen LogP contribution in [-0.2, 0) is 9.47 Å². The average Bonchev–Trinajstić information content (AvgIpc) is 2.25. The molecule has 3 heteroatoms. The Morgan fingerprint density at radius 1 is 1.36 bits per heavy atom. The monoisotopic (exact) mass is 201 g/mol. The predicted octanol–water partition coefficient (Wildman–Crippen LogP) is 1.57. The zero-order valence-electron chi connectivity index (χ0n) is 9.26. The van der Waals surface area contributed by atoms with Gasteiger partial charge >= 0.3 is 0 Å². The minimum Gasteiger partial charge on any atom is -0.383 e. The molecule has 0 radical (unpaired) electrons. The molecule has 84 valence electrons. The Morgan fingerprint density at radius 2 is 2.29 bits per heavy atom. The third-order valence-corrected chi connectivity index (χ3v) is 2.64. The quantitative estimate of drug-likeness (QED) is 0.634. The molecule has 1 aliphatic heterocycles. The van der Waals surface area contributed by atoms with E-state index in [9.17, 15) is 0 Å². The standard InChI is InChI=1S/C11H23NO2/c1-13-10-8-12-7-4-6-11-5-2-3-9-14-11/h11-12H,2-10H2,1H3. The van der Waals surface area contributed by atoms with Crippen molar-refractivity contribution in [3.8, 4) is 0 Å². The van der Waals surface area contributed by atoms with Crippen molar-refractivity contribution in [2.75, 3.05) is 33.4 Å². The van der Waals surface area contributed by atoms with Gasteiger partial charge < -0.3 is 14.8 Å². The van der Waals surface area contributed by atoms with E-state index in [1.807, 2.05) is 0 Å². The summed E-state index contributed by atoms with van der Waals surface area (Å²) in [6.07, 6.45) is 6.82. The molecular formula is C11H23NO2. The van der Waals surface area contributed by atoms with Crippen LogP contribution in [0.2, 0.25) is 0 Å². The molecular weight excluding hydrogens is 178 g/mol. The van der Waals surface area contributed by atoms with Gasteiger partial charge in [0.25, 0.3) is 0 Å². The lowest BCUT2D eigenvalue weighted by Gasteiger charge is -2.22. The zero-order chi connectivity index (χ0) is 10.1. The smallest absolute Gasteiger partial charge is 0.0587 e. The highest BCUT2D eigenvalue weighted by atomic mass is 16.5. The second-order valence-corrected chi connectivity index (χ2v) is 3.87. The number of hydrogen-bond acceptors (Lipinski definition) is 3. The van der Waals surface area contributed by atoms with Crippen molar-refractivity contribution < 1.29 is 9.47 Å². The highest BCUT2D eigenvalue weighted by Gasteiger charge is 2.12. The van der Waals surface area contributed by atoms with Gasteiger partial charge in [0.1, 0.15) is 0 Å². The van der Waals surface area contributed by atoms with Crippen molar-refractivity contribution in [3.63, 3.8) is 0 Å². The van der Waals surface area contributed by atoms with Gasteiger partial charge in [0, 0.05) is 20.3 Å². The summed E-state index contributed by atoms with van der Waals surface area (Å²) < 4.78 is 10.6. The molecule has 0 amide bonds. The minimum atomic E-state index is 0.535. The topological polar surface area (TPSA) is 30.5 Å². The maximum absolute atomic E-state index is 5.65. The lowest BCUT2D eigenvalue weighted by Crippen LogP contribution is -2.23. The second-order valence-electron chi connectivity index (χ2n) is 3.87. The number of ether oxygens (including phenoxy) is 2. The van der Waals surface area contributed by atoms with Gasteiger partial charge in [0.15, 0.2) is 0 Å². The summed E-state index contributed by atoms with van der Waals surface area (Å²) >= 11 is 0. The number of nitrogens with one attached hydrogen (secondary N) is 1. The van der Waals surface area contributed by atoms with E-state index in [0.717, 1.165) is 26.3 Å². The molecule has 0 aromatic rings. The van der Waals surface area contributed by atoms with E-state index in [1.54, 1.807) is 7.11 Å². The van der Waals surface area contributed by atoms with Gasteiger partial charge in [0.05, 0.1) is 12.7 Å². The summed E-state index contributed by atoms with van der Waals surface area (Å²) in [4.78, 5) is 0. The summed E-state index contributed by atoms with van der Waals surface area (Å²) in [7, 11) is 1.73. The van der Waals surface area contributed by atoms with Gasteiger partial charge in [-0.05, 0) is 38.6 Å². The number of methoxy groups -OCH3 is 1. The van der Waals surface area contributed by atoms with Crippen molar-refractivity contribution in [3.05, 3.63) is 0 Å². The first-order chi connectivity index (χ1) is 6.93. The highest BCUT2D eigenvalue weighted by Crippen LogP contribution is 2.16. The molecule has 14 heavy (non-hydrogen) atoms. The van der Waals surface area contributed by atoms with Crippen molar-refractivity contribution in [1.82, 2.24) is 5.32 Å². The van der Waals surface area contributed by atoms with E-state index in [1.165, 1.54) is 32.1 Å². The normalized spacial score (nSPS) is 22.5. The third-order valence-electron chi connectivity index (χ3n) is 2.64. The summed E-state index contributed by atoms with van der Waals surface area (Å²) in [6.45, 7) is 3.83. The molecule has 3 nitrogen and oxygen atoms in total. The molecule has 0 spiro atoms. The van der Waals surface area contributed by atoms with Crippen LogP contribution < -0.4 is 5.32 Å². The summed E-state index contributed by atoms with van der Waals surface area (Å²) in [5.41, 5.74) is 0. The Hall–Kier alpha value is -0.120. The van der Waals surface area contributed by atoms with Crippen molar-refractivity contribution >= 4 is 0 Å². The minimum absolute atomic E-state index is 0.535. The average molecular weight is 201 g/mol. The highest BCUT2D eigenvalue weighted by molar-refractivity contribution is 4.64. The van der Waals surface area contributed by atoms with Crippen LogP contribution in [0.25, 0.3) is 0 Å². The van der Waals surface area contributed by atoms with Gasteiger partial charge in [-0.25, -0.2) is 0 Å². The molecule has 1 aliphatic rings. The molecule has 0 aliphatic carbocycles. The molecule has 1 heterocycles. The molecule has 1 N–H and O–H groups in total. The fourth-order valence-corrected chi connectivity index (χ4v) is 1.79. The van der Waals surface area contributed by atoms with Gasteiger partial charge in [-0.15, -0.1) is 0 Å². The first-order valence-corrected chi connectivity index (χ1v) is 5.74. The maximum Gasteiger partial charge on any atom is 0.0587 e. The lowest BCUT2D eigenvalue weighted by atomic mass is 10.0. The van der Waals surface area contributed by atoms with E-state index < -0.39 is 0 Å². The summed E-state index contributed by atoms with van der Waals surface area (Å²) in [6, 6.07) is 0. The van der Waals surface area contributed by atoms with Gasteiger partial charge in [-0.2, -0.15) is 0 Å². The van der Waals surface area contributed by atoms with E-state index >= 15 is 0 Å². The number of rotatable bonds is 7. The molecule has 0 aromatic carbocycles. The SMILES string of the molecule is COCCNCCCC1CCCCO1. The van der Waals surface area contributed by atoms with Crippen LogP contribution in [0.5, 0.6) is 0 Å². The van der Waals surface area contributed by atoms with Crippen LogP contribution in [0.1, 0.15) is 32.1 Å².